The normalized spacial score (nSPS) is 14.9. The van der Waals surface area contributed by atoms with Gasteiger partial charge in [0, 0.05) is 22.4 Å². The topological polar surface area (TPSA) is 51.1 Å². The predicted molar refractivity (Wildman–Crippen MR) is 150 cm³/mol. The molecule has 1 aliphatic rings. The van der Waals surface area contributed by atoms with Gasteiger partial charge >= 0.3 is 6.09 Å². The fraction of sp³-hybridized carbons (Fsp3) is 0.538. The van der Waals surface area contributed by atoms with Crippen LogP contribution in [0.3, 0.4) is 0 Å². The molecule has 1 amide bonds. The van der Waals surface area contributed by atoms with Crippen molar-refractivity contribution in [2.45, 2.75) is 91.6 Å². The van der Waals surface area contributed by atoms with E-state index in [1.54, 1.807) is 27.6 Å². The fourth-order valence-electron chi connectivity index (χ4n) is 3.31. The van der Waals surface area contributed by atoms with E-state index in [4.69, 9.17) is 25.8 Å². The Hall–Kier alpha value is -1.61. The largest absolute Gasteiger partial charge is 0.541 e. The van der Waals surface area contributed by atoms with Gasteiger partial charge in [-0.2, -0.15) is 0 Å². The van der Waals surface area contributed by atoms with Crippen molar-refractivity contribution in [2.24, 2.45) is 4.99 Å². The van der Waals surface area contributed by atoms with Crippen molar-refractivity contribution >= 4 is 54.4 Å². The second kappa shape index (κ2) is 10.4. The van der Waals surface area contributed by atoms with Crippen molar-refractivity contribution in [1.29, 1.82) is 0 Å². The highest BCUT2D eigenvalue weighted by Gasteiger charge is 2.39. The van der Waals surface area contributed by atoms with Crippen molar-refractivity contribution in [3.63, 3.8) is 0 Å². The molecule has 2 aromatic heterocycles. The van der Waals surface area contributed by atoms with E-state index in [1.165, 1.54) is 0 Å². The summed E-state index contributed by atoms with van der Waals surface area (Å²) in [5.41, 5.74) is 1.23. The standard InChI is InChI=1S/C26H37ClN2O3S2Si/c1-10-17-14-19(29(15-18-12-11-13-33-18)24(30)31-25(2,3)4)22-21(28-23(17)27)20(16-34-22)32-35(8,9)26(5,6)7/h11-13,16H,10,14-15H2,1-9H3. The van der Waals surface area contributed by atoms with Crippen molar-refractivity contribution in [1.82, 2.24) is 4.90 Å². The summed E-state index contributed by atoms with van der Waals surface area (Å²) in [6, 6.07) is 4.03. The Kier molecular flexibility index (Phi) is 8.31. The van der Waals surface area contributed by atoms with Crippen LogP contribution in [0.4, 0.5) is 4.79 Å². The van der Waals surface area contributed by atoms with Gasteiger partial charge in [-0.3, -0.25) is 4.90 Å². The first kappa shape index (κ1) is 28.0. The molecule has 3 heterocycles. The molecular formula is C26H37ClN2O3S2Si. The molecule has 0 saturated heterocycles. The summed E-state index contributed by atoms with van der Waals surface area (Å²) in [7, 11) is -2.11. The molecule has 0 unspecified atom stereocenters. The molecule has 1 aliphatic heterocycles. The van der Waals surface area contributed by atoms with Crippen LogP contribution >= 0.6 is 34.3 Å². The molecular weight excluding hydrogens is 516 g/mol. The summed E-state index contributed by atoms with van der Waals surface area (Å²) >= 11 is 9.90. The van der Waals surface area contributed by atoms with Crippen LogP contribution in [0.5, 0.6) is 5.75 Å². The molecule has 0 bridgehead atoms. The Morgan fingerprint density at radius 1 is 1.20 bits per heavy atom. The fourth-order valence-corrected chi connectivity index (χ4v) is 6.35. The lowest BCUT2D eigenvalue weighted by Gasteiger charge is -2.36. The van der Waals surface area contributed by atoms with Crippen molar-refractivity contribution in [2.75, 3.05) is 0 Å². The van der Waals surface area contributed by atoms with E-state index in [0.717, 1.165) is 32.8 Å². The summed E-state index contributed by atoms with van der Waals surface area (Å²) in [5.74, 6) is 0.741. The second-order valence-electron chi connectivity index (χ2n) is 11.3. The van der Waals surface area contributed by atoms with Crippen LogP contribution < -0.4 is 14.3 Å². The first-order chi connectivity index (χ1) is 16.1. The number of halogens is 1. The lowest BCUT2D eigenvalue weighted by Crippen LogP contribution is -2.45. The van der Waals surface area contributed by atoms with Crippen LogP contribution in [0.2, 0.25) is 18.1 Å². The smallest absolute Gasteiger partial charge is 0.414 e. The molecule has 0 atom stereocenters. The molecule has 0 spiro atoms. The third-order valence-electron chi connectivity index (χ3n) is 6.31. The summed E-state index contributed by atoms with van der Waals surface area (Å²) in [5, 5.41) is 5.25. The van der Waals surface area contributed by atoms with E-state index < -0.39 is 13.9 Å². The van der Waals surface area contributed by atoms with Gasteiger partial charge in [0.15, 0.2) is 0 Å². The molecule has 0 radical (unpaired) electrons. The number of hydrogen-bond donors (Lipinski definition) is 0. The number of fused-ring (bicyclic) bond motifs is 1. The lowest BCUT2D eigenvalue weighted by atomic mass is 10.1. The van der Waals surface area contributed by atoms with Crippen LogP contribution in [-0.2, 0) is 11.3 Å². The molecule has 0 aromatic carbocycles. The molecule has 0 fully saturated rings. The van der Waals surface area contributed by atoms with Crippen LogP contribution in [0, 0.1) is 0 Å². The maximum Gasteiger partial charge on any atom is 0.414 e. The van der Waals surface area contributed by atoms with Gasteiger partial charge in [0.1, 0.15) is 21.9 Å². The molecule has 0 N–H and O–H groups in total. The molecule has 0 aliphatic carbocycles. The minimum Gasteiger partial charge on any atom is -0.541 e. The van der Waals surface area contributed by atoms with Gasteiger partial charge < -0.3 is 9.16 Å². The highest BCUT2D eigenvalue weighted by molar-refractivity contribution is 7.10. The first-order valence-electron chi connectivity index (χ1n) is 11.9. The quantitative estimate of drug-likeness (QED) is 0.273. The zero-order chi connectivity index (χ0) is 26.2. The molecule has 192 valence electrons. The Morgan fingerprint density at radius 2 is 1.89 bits per heavy atom. The number of nitrogens with zero attached hydrogens (tertiary/aromatic N) is 2. The van der Waals surface area contributed by atoms with E-state index in [0.29, 0.717) is 23.5 Å². The third-order valence-corrected chi connectivity index (χ3v) is 12.9. The minimum absolute atomic E-state index is 0.0367. The van der Waals surface area contributed by atoms with Gasteiger partial charge in [-0.15, -0.1) is 22.7 Å². The van der Waals surface area contributed by atoms with Crippen molar-refractivity contribution < 1.29 is 14.0 Å². The monoisotopic (exact) mass is 552 g/mol. The summed E-state index contributed by atoms with van der Waals surface area (Å²) in [6.45, 7) is 19.2. The van der Waals surface area contributed by atoms with E-state index in [9.17, 15) is 4.79 Å². The highest BCUT2D eigenvalue weighted by atomic mass is 35.5. The number of thiophene rings is 2. The van der Waals surface area contributed by atoms with Crippen LogP contribution in [0.25, 0.3) is 5.70 Å². The van der Waals surface area contributed by atoms with Crippen LogP contribution in [-0.4, -0.2) is 24.9 Å². The Bertz CT molecular complexity index is 1220. The van der Waals surface area contributed by atoms with E-state index in [-0.39, 0.29) is 11.1 Å². The zero-order valence-electron chi connectivity index (χ0n) is 22.2. The molecule has 2 aromatic rings. The lowest BCUT2D eigenvalue weighted by molar-refractivity contribution is 0.0338. The summed E-state index contributed by atoms with van der Waals surface area (Å²) in [4.78, 5) is 21.2. The Morgan fingerprint density at radius 3 is 2.43 bits per heavy atom. The number of carbonyl (C=O) groups is 1. The van der Waals surface area contributed by atoms with Crippen molar-refractivity contribution in [3.8, 4) is 5.75 Å². The average molecular weight is 553 g/mol. The number of ether oxygens (including phenoxy) is 1. The van der Waals surface area contributed by atoms with Gasteiger partial charge in [0.25, 0.3) is 8.32 Å². The van der Waals surface area contributed by atoms with Gasteiger partial charge in [-0.1, -0.05) is 45.4 Å². The maximum atomic E-state index is 13.5. The number of amides is 1. The predicted octanol–water partition coefficient (Wildman–Crippen LogP) is 7.62. The molecule has 9 heteroatoms. The summed E-state index contributed by atoms with van der Waals surface area (Å²) in [6.07, 6.45) is 0.886. The SMILES string of the molecule is CCC1=C(Cl)N=c2c(O[Si](C)(C)C(C)(C)C)csc2=C(N(Cc2cccs2)C(=O)OC(C)(C)C)C1. The van der Waals surface area contributed by atoms with E-state index >= 15 is 0 Å². The third kappa shape index (κ3) is 6.59. The molecule has 3 rings (SSSR count). The molecule has 0 saturated carbocycles. The number of carbonyl (C=O) groups excluding carboxylic acids is 1. The second-order valence-corrected chi connectivity index (χ2v) is 18.3. The van der Waals surface area contributed by atoms with Crippen LogP contribution in [0.15, 0.2) is 38.6 Å². The first-order valence-corrected chi connectivity index (χ1v) is 17.0. The Labute approximate surface area is 223 Å². The average Bonchev–Trinajstić information content (AvgIpc) is 3.33. The zero-order valence-corrected chi connectivity index (χ0v) is 25.6. The minimum atomic E-state index is -2.11. The Balaban J connectivity index is 2.23. The highest BCUT2D eigenvalue weighted by Crippen LogP contribution is 2.37. The number of hydrogen-bond acceptors (Lipinski definition) is 6. The van der Waals surface area contributed by atoms with Crippen molar-refractivity contribution in [3.05, 3.63) is 48.4 Å². The van der Waals surface area contributed by atoms with E-state index in [1.807, 2.05) is 43.7 Å². The van der Waals surface area contributed by atoms with E-state index in [2.05, 4.69) is 40.8 Å². The van der Waals surface area contributed by atoms with Gasteiger partial charge in [0.2, 0.25) is 0 Å². The number of rotatable bonds is 6. The maximum absolute atomic E-state index is 13.5. The summed E-state index contributed by atoms with van der Waals surface area (Å²) < 4.78 is 13.4. The molecule has 35 heavy (non-hydrogen) atoms. The molecule has 5 nitrogen and oxygen atoms in total. The van der Waals surface area contributed by atoms with Gasteiger partial charge in [-0.25, -0.2) is 9.79 Å². The van der Waals surface area contributed by atoms with Gasteiger partial charge in [0.05, 0.1) is 11.1 Å². The van der Waals surface area contributed by atoms with Gasteiger partial charge in [-0.05, 0) is 62.3 Å². The van der Waals surface area contributed by atoms with Crippen LogP contribution in [0.1, 0.15) is 66.2 Å².